The average Bonchev–Trinajstić information content (AvgIpc) is 2.20. The summed E-state index contributed by atoms with van der Waals surface area (Å²) >= 11 is 5.58. The molecular formula is C8H8ClF2NO2S2. The van der Waals surface area contributed by atoms with Crippen molar-refractivity contribution >= 4 is 39.1 Å². The first kappa shape index (κ1) is 13.5. The van der Waals surface area contributed by atoms with Gasteiger partial charge in [-0.05, 0) is 24.3 Å². The molecule has 0 aliphatic rings. The van der Waals surface area contributed by atoms with E-state index in [-0.39, 0.29) is 0 Å². The Morgan fingerprint density at radius 2 is 1.88 bits per heavy atom. The normalized spacial score (nSPS) is 11.8. The minimum absolute atomic E-state index is 0.291. The SMILES string of the molecule is O=S(=O)(CCl)Nc1ccc(SC(F)F)cc1. The number of sulfonamides is 1. The van der Waals surface area contributed by atoms with E-state index in [1.807, 2.05) is 0 Å². The van der Waals surface area contributed by atoms with E-state index in [1.165, 1.54) is 24.3 Å². The Balaban J connectivity index is 2.72. The summed E-state index contributed by atoms with van der Waals surface area (Å²) in [6.07, 6.45) is 0. The van der Waals surface area contributed by atoms with Gasteiger partial charge in [0.1, 0.15) is 5.21 Å². The van der Waals surface area contributed by atoms with Gasteiger partial charge in [-0.3, -0.25) is 4.72 Å². The number of rotatable bonds is 5. The van der Waals surface area contributed by atoms with Crippen LogP contribution >= 0.6 is 23.4 Å². The largest absolute Gasteiger partial charge is 0.288 e. The Bertz CT molecular complexity index is 436. The molecule has 0 amide bonds. The van der Waals surface area contributed by atoms with Crippen molar-refractivity contribution in [1.82, 2.24) is 0 Å². The molecule has 0 saturated carbocycles. The van der Waals surface area contributed by atoms with E-state index >= 15 is 0 Å². The van der Waals surface area contributed by atoms with Gasteiger partial charge >= 0.3 is 0 Å². The van der Waals surface area contributed by atoms with Crippen molar-refractivity contribution < 1.29 is 17.2 Å². The van der Waals surface area contributed by atoms with Crippen LogP contribution in [0.15, 0.2) is 29.2 Å². The summed E-state index contributed by atoms with van der Waals surface area (Å²) in [5.74, 6) is -2.50. The van der Waals surface area contributed by atoms with Crippen molar-refractivity contribution in [3.63, 3.8) is 0 Å². The van der Waals surface area contributed by atoms with Crippen molar-refractivity contribution in [3.8, 4) is 0 Å². The van der Waals surface area contributed by atoms with Gasteiger partial charge < -0.3 is 0 Å². The fourth-order valence-electron chi connectivity index (χ4n) is 0.911. The smallest absolute Gasteiger partial charge is 0.283 e. The number of hydrogen-bond acceptors (Lipinski definition) is 3. The zero-order valence-corrected chi connectivity index (χ0v) is 10.2. The first-order valence-corrected chi connectivity index (χ1v) is 7.11. The predicted octanol–water partition coefficient (Wildman–Crippen LogP) is 2.94. The Hall–Kier alpha value is -0.530. The van der Waals surface area contributed by atoms with E-state index in [2.05, 4.69) is 4.72 Å². The molecule has 0 aliphatic carbocycles. The summed E-state index contributed by atoms with van der Waals surface area (Å²) in [5.41, 5.74) is 0.291. The summed E-state index contributed by atoms with van der Waals surface area (Å²) in [6, 6.07) is 5.61. The number of hydrogen-bond donors (Lipinski definition) is 1. The molecule has 0 bridgehead atoms. The fourth-order valence-corrected chi connectivity index (χ4v) is 2.12. The third-order valence-corrected chi connectivity index (χ3v) is 3.91. The number of anilines is 1. The van der Waals surface area contributed by atoms with Crippen LogP contribution in [0.2, 0.25) is 0 Å². The molecule has 0 aromatic heterocycles. The van der Waals surface area contributed by atoms with Gasteiger partial charge in [0.05, 0.1) is 0 Å². The molecule has 16 heavy (non-hydrogen) atoms. The quantitative estimate of drug-likeness (QED) is 0.669. The summed E-state index contributed by atoms with van der Waals surface area (Å²) in [5, 5.41) is -0.555. The predicted molar refractivity (Wildman–Crippen MR) is 61.6 cm³/mol. The zero-order chi connectivity index (χ0) is 12.2. The molecule has 0 unspecified atom stereocenters. The lowest BCUT2D eigenvalue weighted by Crippen LogP contribution is -2.13. The second-order valence-electron chi connectivity index (χ2n) is 2.73. The van der Waals surface area contributed by atoms with Crippen LogP contribution in [-0.2, 0) is 10.0 Å². The van der Waals surface area contributed by atoms with Crippen LogP contribution < -0.4 is 4.72 Å². The maximum absolute atomic E-state index is 12.0. The summed E-state index contributed by atoms with van der Waals surface area (Å²) in [4.78, 5) is 0.365. The van der Waals surface area contributed by atoms with E-state index in [9.17, 15) is 17.2 Å². The standard InChI is InChI=1S/C8H8ClF2NO2S2/c9-5-16(13,14)12-6-1-3-7(4-2-6)15-8(10)11/h1-4,8,12H,5H2. The van der Waals surface area contributed by atoms with Crippen LogP contribution in [0, 0.1) is 0 Å². The fraction of sp³-hybridized carbons (Fsp3) is 0.250. The molecular weight excluding hydrogens is 280 g/mol. The van der Waals surface area contributed by atoms with E-state index in [4.69, 9.17) is 11.6 Å². The van der Waals surface area contributed by atoms with Crippen molar-refractivity contribution in [2.75, 3.05) is 9.93 Å². The summed E-state index contributed by atoms with van der Waals surface area (Å²) < 4.78 is 48.3. The molecule has 8 heteroatoms. The Kier molecular flexibility index (Phi) is 4.82. The highest BCUT2D eigenvalue weighted by atomic mass is 35.5. The molecule has 0 spiro atoms. The maximum Gasteiger partial charge on any atom is 0.288 e. The van der Waals surface area contributed by atoms with E-state index < -0.39 is 21.0 Å². The number of halogens is 3. The monoisotopic (exact) mass is 287 g/mol. The first-order chi connectivity index (χ1) is 7.43. The maximum atomic E-state index is 12.0. The molecule has 0 fully saturated rings. The van der Waals surface area contributed by atoms with Gasteiger partial charge in [0.15, 0.2) is 0 Å². The molecule has 1 rings (SSSR count). The molecule has 0 aliphatic heterocycles. The van der Waals surface area contributed by atoms with E-state index in [0.717, 1.165) is 0 Å². The number of thioether (sulfide) groups is 1. The van der Waals surface area contributed by atoms with Gasteiger partial charge in [-0.15, -0.1) is 11.6 Å². The minimum atomic E-state index is -3.55. The Labute approximate surface area is 101 Å². The van der Waals surface area contributed by atoms with E-state index in [1.54, 1.807) is 0 Å². The zero-order valence-electron chi connectivity index (χ0n) is 7.86. The van der Waals surface area contributed by atoms with Gasteiger partial charge in [-0.1, -0.05) is 11.8 Å². The second kappa shape index (κ2) is 5.70. The van der Waals surface area contributed by atoms with Crippen LogP contribution in [0.1, 0.15) is 0 Å². The molecule has 1 N–H and O–H groups in total. The Morgan fingerprint density at radius 1 is 1.31 bits per heavy atom. The van der Waals surface area contributed by atoms with Crippen molar-refractivity contribution in [1.29, 1.82) is 0 Å². The first-order valence-electron chi connectivity index (χ1n) is 4.04. The molecule has 0 heterocycles. The van der Waals surface area contributed by atoms with Gasteiger partial charge in [-0.2, -0.15) is 8.78 Å². The van der Waals surface area contributed by atoms with Gasteiger partial charge in [0.2, 0.25) is 10.0 Å². The lowest BCUT2D eigenvalue weighted by atomic mass is 10.3. The minimum Gasteiger partial charge on any atom is -0.283 e. The average molecular weight is 288 g/mol. The summed E-state index contributed by atoms with van der Waals surface area (Å²) in [6.45, 7) is 0. The third kappa shape index (κ3) is 4.54. The van der Waals surface area contributed by atoms with Gasteiger partial charge in [-0.25, -0.2) is 8.42 Å². The molecule has 1 aromatic carbocycles. The molecule has 0 saturated heterocycles. The van der Waals surface area contributed by atoms with Gasteiger partial charge in [0, 0.05) is 10.6 Å². The Morgan fingerprint density at radius 3 is 2.31 bits per heavy atom. The van der Waals surface area contributed by atoms with Crippen LogP contribution in [0.3, 0.4) is 0 Å². The second-order valence-corrected chi connectivity index (χ2v) is 6.10. The highest BCUT2D eigenvalue weighted by Crippen LogP contribution is 2.26. The summed E-state index contributed by atoms with van der Waals surface area (Å²) in [7, 11) is -3.55. The van der Waals surface area contributed by atoms with Gasteiger partial charge in [0.25, 0.3) is 5.76 Å². The topological polar surface area (TPSA) is 46.2 Å². The molecule has 0 atom stereocenters. The molecule has 1 aromatic rings. The molecule has 0 radical (unpaired) electrons. The highest BCUT2D eigenvalue weighted by molar-refractivity contribution is 7.99. The number of nitrogens with one attached hydrogen (secondary N) is 1. The molecule has 90 valence electrons. The van der Waals surface area contributed by atoms with Crippen molar-refractivity contribution in [2.45, 2.75) is 10.7 Å². The van der Waals surface area contributed by atoms with E-state index in [0.29, 0.717) is 22.3 Å². The lowest BCUT2D eigenvalue weighted by molar-refractivity contribution is 0.252. The number of benzene rings is 1. The van der Waals surface area contributed by atoms with Crippen LogP contribution in [0.4, 0.5) is 14.5 Å². The van der Waals surface area contributed by atoms with Crippen LogP contribution in [0.5, 0.6) is 0 Å². The van der Waals surface area contributed by atoms with Crippen LogP contribution in [0.25, 0.3) is 0 Å². The molecule has 3 nitrogen and oxygen atoms in total. The van der Waals surface area contributed by atoms with Crippen molar-refractivity contribution in [2.24, 2.45) is 0 Å². The third-order valence-electron chi connectivity index (χ3n) is 1.50. The van der Waals surface area contributed by atoms with Crippen molar-refractivity contribution in [3.05, 3.63) is 24.3 Å². The number of alkyl halides is 3. The highest BCUT2D eigenvalue weighted by Gasteiger charge is 2.09. The lowest BCUT2D eigenvalue weighted by Gasteiger charge is -2.06. The van der Waals surface area contributed by atoms with Crippen LogP contribution in [-0.4, -0.2) is 19.4 Å².